The molecule has 0 aliphatic carbocycles. The molecule has 5 heteroatoms. The van der Waals surface area contributed by atoms with Gasteiger partial charge in [-0.25, -0.2) is 0 Å². The van der Waals surface area contributed by atoms with E-state index in [4.69, 9.17) is 9.84 Å². The molecule has 0 unspecified atom stereocenters. The third-order valence-corrected chi connectivity index (χ3v) is 3.98. The Hall–Kier alpha value is -1.10. The van der Waals surface area contributed by atoms with Crippen LogP contribution in [0.5, 0.6) is 0 Å². The quantitative estimate of drug-likeness (QED) is 0.744. The maximum atomic E-state index is 10.5. The number of aliphatic carboxylic acids is 1. The Morgan fingerprint density at radius 2 is 1.86 bits per heavy atom. The molecule has 1 heterocycles. The number of hydrogen-bond donors (Lipinski definition) is 1. The molecule has 0 spiro atoms. The van der Waals surface area contributed by atoms with Gasteiger partial charge in [-0.15, -0.1) is 12.4 Å². The van der Waals surface area contributed by atoms with Crippen molar-refractivity contribution >= 4 is 18.4 Å². The molecule has 0 aromatic heterocycles. The SMILES string of the molecule is Cl.O=C(O)CCCCN1CCC(OCc2ccccc2)CC1. The number of carbonyl (C=O) groups is 1. The van der Waals surface area contributed by atoms with Crippen LogP contribution in [0.3, 0.4) is 0 Å². The summed E-state index contributed by atoms with van der Waals surface area (Å²) in [7, 11) is 0. The summed E-state index contributed by atoms with van der Waals surface area (Å²) in [4.78, 5) is 12.9. The van der Waals surface area contributed by atoms with Crippen molar-refractivity contribution in [2.24, 2.45) is 0 Å². The minimum atomic E-state index is -0.692. The Labute approximate surface area is 138 Å². The molecule has 1 aliphatic heterocycles. The van der Waals surface area contributed by atoms with Crippen LogP contribution in [0.1, 0.15) is 37.7 Å². The summed E-state index contributed by atoms with van der Waals surface area (Å²) in [6.45, 7) is 3.84. The third-order valence-electron chi connectivity index (χ3n) is 3.98. The average molecular weight is 328 g/mol. The Morgan fingerprint density at radius 3 is 2.50 bits per heavy atom. The molecule has 22 heavy (non-hydrogen) atoms. The second kappa shape index (κ2) is 10.6. The van der Waals surface area contributed by atoms with Crippen molar-refractivity contribution in [1.82, 2.24) is 4.90 Å². The minimum absolute atomic E-state index is 0. The standard InChI is InChI=1S/C17H25NO3.ClH/c19-17(20)8-4-5-11-18-12-9-16(10-13-18)21-14-15-6-2-1-3-7-15;/h1-3,6-7,16H,4-5,8-14H2,(H,19,20);1H. The van der Waals surface area contributed by atoms with Crippen LogP contribution in [0, 0.1) is 0 Å². The van der Waals surface area contributed by atoms with Crippen LogP contribution in [-0.4, -0.2) is 41.7 Å². The van der Waals surface area contributed by atoms with Crippen molar-refractivity contribution in [3.8, 4) is 0 Å². The summed E-state index contributed by atoms with van der Waals surface area (Å²) in [5.74, 6) is -0.692. The number of carboxylic acid groups (broad SMARTS) is 1. The second-order valence-electron chi connectivity index (χ2n) is 5.69. The lowest BCUT2D eigenvalue weighted by atomic mass is 10.1. The van der Waals surface area contributed by atoms with E-state index in [0.29, 0.717) is 12.7 Å². The molecule has 1 fully saturated rings. The van der Waals surface area contributed by atoms with Crippen LogP contribution >= 0.6 is 12.4 Å². The van der Waals surface area contributed by atoms with E-state index < -0.39 is 5.97 Å². The highest BCUT2D eigenvalue weighted by Gasteiger charge is 2.19. The van der Waals surface area contributed by atoms with Gasteiger partial charge in [-0.2, -0.15) is 0 Å². The fourth-order valence-corrected chi connectivity index (χ4v) is 2.70. The smallest absolute Gasteiger partial charge is 0.303 e. The van der Waals surface area contributed by atoms with E-state index in [1.54, 1.807) is 0 Å². The van der Waals surface area contributed by atoms with E-state index in [1.165, 1.54) is 5.56 Å². The molecule has 0 atom stereocenters. The maximum Gasteiger partial charge on any atom is 0.303 e. The Kier molecular flexibility index (Phi) is 9.13. The van der Waals surface area contributed by atoms with Gasteiger partial charge >= 0.3 is 5.97 Å². The van der Waals surface area contributed by atoms with Crippen molar-refractivity contribution in [3.63, 3.8) is 0 Å². The summed E-state index contributed by atoms with van der Waals surface area (Å²) in [5, 5.41) is 8.61. The van der Waals surface area contributed by atoms with Crippen LogP contribution in [0.4, 0.5) is 0 Å². The van der Waals surface area contributed by atoms with Gasteiger partial charge in [0.05, 0.1) is 12.7 Å². The number of hydrogen-bond acceptors (Lipinski definition) is 3. The predicted molar refractivity (Wildman–Crippen MR) is 89.4 cm³/mol. The predicted octanol–water partition coefficient (Wildman–Crippen LogP) is 3.34. The van der Waals surface area contributed by atoms with E-state index in [0.717, 1.165) is 45.3 Å². The first kappa shape index (κ1) is 18.9. The molecule has 1 N–H and O–H groups in total. The maximum absolute atomic E-state index is 10.5. The molecular formula is C17H26ClNO3. The first-order valence-corrected chi connectivity index (χ1v) is 7.84. The average Bonchev–Trinajstić information content (AvgIpc) is 2.51. The first-order chi connectivity index (χ1) is 10.2. The van der Waals surface area contributed by atoms with Crippen molar-refractivity contribution in [2.75, 3.05) is 19.6 Å². The van der Waals surface area contributed by atoms with Gasteiger partial charge in [-0.05, 0) is 37.8 Å². The minimum Gasteiger partial charge on any atom is -0.481 e. The monoisotopic (exact) mass is 327 g/mol. The van der Waals surface area contributed by atoms with Gasteiger partial charge in [-0.1, -0.05) is 30.3 Å². The summed E-state index contributed by atoms with van der Waals surface area (Å²) in [6.07, 6.45) is 4.55. The Bertz CT molecular complexity index is 419. The van der Waals surface area contributed by atoms with E-state index in [-0.39, 0.29) is 18.8 Å². The number of halogens is 1. The fourth-order valence-electron chi connectivity index (χ4n) is 2.70. The lowest BCUT2D eigenvalue weighted by Gasteiger charge is -2.31. The lowest BCUT2D eigenvalue weighted by molar-refractivity contribution is -0.137. The second-order valence-corrected chi connectivity index (χ2v) is 5.69. The van der Waals surface area contributed by atoms with Gasteiger partial charge in [0.15, 0.2) is 0 Å². The van der Waals surface area contributed by atoms with Gasteiger partial charge in [0.1, 0.15) is 0 Å². The summed E-state index contributed by atoms with van der Waals surface area (Å²) in [6, 6.07) is 10.3. The molecule has 2 rings (SSSR count). The molecule has 1 aromatic rings. The highest BCUT2D eigenvalue weighted by Crippen LogP contribution is 2.16. The van der Waals surface area contributed by atoms with Crippen molar-refractivity contribution in [3.05, 3.63) is 35.9 Å². The fraction of sp³-hybridized carbons (Fsp3) is 0.588. The molecule has 1 aliphatic rings. The number of benzene rings is 1. The molecule has 0 amide bonds. The number of nitrogens with zero attached hydrogens (tertiary/aromatic N) is 1. The number of rotatable bonds is 8. The number of piperidine rings is 1. The molecule has 1 aromatic carbocycles. The Morgan fingerprint density at radius 1 is 1.18 bits per heavy atom. The number of carboxylic acids is 1. The van der Waals surface area contributed by atoms with Gasteiger partial charge in [0, 0.05) is 19.5 Å². The third kappa shape index (κ3) is 7.25. The topological polar surface area (TPSA) is 49.8 Å². The van der Waals surface area contributed by atoms with Gasteiger partial charge in [-0.3, -0.25) is 4.79 Å². The Balaban J connectivity index is 0.00000242. The number of likely N-dealkylation sites (tertiary alicyclic amines) is 1. The van der Waals surface area contributed by atoms with E-state index in [1.807, 2.05) is 18.2 Å². The van der Waals surface area contributed by atoms with Crippen LogP contribution in [0.15, 0.2) is 30.3 Å². The van der Waals surface area contributed by atoms with Crippen LogP contribution in [-0.2, 0) is 16.1 Å². The van der Waals surface area contributed by atoms with E-state index in [9.17, 15) is 4.79 Å². The molecule has 4 nitrogen and oxygen atoms in total. The zero-order valence-electron chi connectivity index (χ0n) is 12.9. The molecular weight excluding hydrogens is 302 g/mol. The molecule has 0 bridgehead atoms. The van der Waals surface area contributed by atoms with Gasteiger partial charge in [0.2, 0.25) is 0 Å². The summed E-state index contributed by atoms with van der Waals surface area (Å²) < 4.78 is 5.97. The van der Waals surface area contributed by atoms with Gasteiger partial charge in [0.25, 0.3) is 0 Å². The normalized spacial score (nSPS) is 16.2. The van der Waals surface area contributed by atoms with Crippen molar-refractivity contribution in [2.45, 2.75) is 44.8 Å². The molecule has 124 valence electrons. The first-order valence-electron chi connectivity index (χ1n) is 7.84. The van der Waals surface area contributed by atoms with E-state index in [2.05, 4.69) is 17.0 Å². The number of unbranched alkanes of at least 4 members (excludes halogenated alkanes) is 1. The number of ether oxygens (including phenoxy) is 1. The highest BCUT2D eigenvalue weighted by atomic mass is 35.5. The van der Waals surface area contributed by atoms with Crippen molar-refractivity contribution < 1.29 is 14.6 Å². The molecule has 0 saturated carbocycles. The highest BCUT2D eigenvalue weighted by molar-refractivity contribution is 5.85. The summed E-state index contributed by atoms with van der Waals surface area (Å²) in [5.41, 5.74) is 1.23. The zero-order chi connectivity index (χ0) is 14.9. The molecule has 1 saturated heterocycles. The summed E-state index contributed by atoms with van der Waals surface area (Å²) >= 11 is 0. The zero-order valence-corrected chi connectivity index (χ0v) is 13.8. The van der Waals surface area contributed by atoms with Crippen LogP contribution in [0.2, 0.25) is 0 Å². The largest absolute Gasteiger partial charge is 0.481 e. The molecule has 0 radical (unpaired) electrons. The van der Waals surface area contributed by atoms with Gasteiger partial charge < -0.3 is 14.7 Å². The van der Waals surface area contributed by atoms with Crippen LogP contribution < -0.4 is 0 Å². The lowest BCUT2D eigenvalue weighted by Crippen LogP contribution is -2.37. The van der Waals surface area contributed by atoms with Crippen LogP contribution in [0.25, 0.3) is 0 Å². The van der Waals surface area contributed by atoms with Crippen molar-refractivity contribution in [1.29, 1.82) is 0 Å². The van der Waals surface area contributed by atoms with E-state index >= 15 is 0 Å².